The van der Waals surface area contributed by atoms with E-state index in [0.717, 1.165) is 25.1 Å². The van der Waals surface area contributed by atoms with Crippen LogP contribution < -0.4 is 4.90 Å². The molecule has 0 unspecified atom stereocenters. The zero-order chi connectivity index (χ0) is 11.5. The van der Waals surface area contributed by atoms with E-state index in [9.17, 15) is 10.1 Å². The van der Waals surface area contributed by atoms with Crippen LogP contribution in [0.4, 0.5) is 11.5 Å². The number of hydrogen-bond acceptors (Lipinski definition) is 4. The van der Waals surface area contributed by atoms with Crippen LogP contribution in [0.2, 0.25) is 0 Å². The predicted octanol–water partition coefficient (Wildman–Crippen LogP) is 1.93. The minimum absolute atomic E-state index is 0.0963. The second-order valence-corrected chi connectivity index (χ2v) is 3.78. The molecule has 0 N–H and O–H groups in total. The van der Waals surface area contributed by atoms with Crippen molar-refractivity contribution in [1.82, 2.24) is 4.98 Å². The maximum absolute atomic E-state index is 10.9. The number of aromatic nitrogens is 1. The second kappa shape index (κ2) is 4.30. The third-order valence-electron chi connectivity index (χ3n) is 2.64. The van der Waals surface area contributed by atoms with Crippen molar-refractivity contribution in [3.63, 3.8) is 0 Å². The Labute approximate surface area is 93.6 Å². The number of nitro groups is 1. The maximum atomic E-state index is 10.9. The highest BCUT2D eigenvalue weighted by molar-refractivity contribution is 5.59. The van der Waals surface area contributed by atoms with E-state index in [2.05, 4.69) is 11.6 Å². The molecule has 84 valence electrons. The Hall–Kier alpha value is -1.91. The zero-order valence-corrected chi connectivity index (χ0v) is 8.93. The Morgan fingerprint density at radius 1 is 1.62 bits per heavy atom. The molecule has 1 aromatic rings. The smallest absolute Gasteiger partial charge is 0.311 e. The SMILES string of the molecule is C=CCc1cnc(N2CCC2)c([N+](=O)[O-])c1. The first kappa shape index (κ1) is 10.6. The Bertz CT molecular complexity index is 427. The Balaban J connectivity index is 2.36. The van der Waals surface area contributed by atoms with Crippen molar-refractivity contribution in [2.45, 2.75) is 12.8 Å². The average molecular weight is 219 g/mol. The topological polar surface area (TPSA) is 59.3 Å². The van der Waals surface area contributed by atoms with Crippen molar-refractivity contribution < 1.29 is 4.92 Å². The lowest BCUT2D eigenvalue weighted by Gasteiger charge is -2.31. The van der Waals surface area contributed by atoms with E-state index in [-0.39, 0.29) is 10.6 Å². The van der Waals surface area contributed by atoms with Gasteiger partial charge in [-0.05, 0) is 18.4 Å². The van der Waals surface area contributed by atoms with Crippen molar-refractivity contribution >= 4 is 11.5 Å². The van der Waals surface area contributed by atoms with Crippen LogP contribution in [0.15, 0.2) is 24.9 Å². The Morgan fingerprint density at radius 3 is 2.88 bits per heavy atom. The van der Waals surface area contributed by atoms with Crippen LogP contribution in [0.25, 0.3) is 0 Å². The van der Waals surface area contributed by atoms with E-state index in [0.29, 0.717) is 12.2 Å². The molecule has 0 saturated carbocycles. The fraction of sp³-hybridized carbons (Fsp3) is 0.364. The molecule has 5 heteroatoms. The molecule has 1 saturated heterocycles. The molecule has 1 fully saturated rings. The summed E-state index contributed by atoms with van der Waals surface area (Å²) in [4.78, 5) is 16.7. The van der Waals surface area contributed by atoms with Crippen LogP contribution in [0, 0.1) is 10.1 Å². The molecular weight excluding hydrogens is 206 g/mol. The van der Waals surface area contributed by atoms with Crippen LogP contribution in [0.5, 0.6) is 0 Å². The second-order valence-electron chi connectivity index (χ2n) is 3.78. The first-order valence-electron chi connectivity index (χ1n) is 5.21. The molecule has 1 aliphatic rings. The summed E-state index contributed by atoms with van der Waals surface area (Å²) in [5.41, 5.74) is 0.921. The summed E-state index contributed by atoms with van der Waals surface area (Å²) < 4.78 is 0. The Kier molecular flexibility index (Phi) is 2.85. The highest BCUT2D eigenvalue weighted by Gasteiger charge is 2.25. The fourth-order valence-electron chi connectivity index (χ4n) is 1.67. The number of allylic oxidation sites excluding steroid dienone is 1. The molecule has 16 heavy (non-hydrogen) atoms. The molecule has 0 atom stereocenters. The molecule has 1 aliphatic heterocycles. The first-order chi connectivity index (χ1) is 7.72. The van der Waals surface area contributed by atoms with E-state index in [1.807, 2.05) is 4.90 Å². The van der Waals surface area contributed by atoms with E-state index < -0.39 is 0 Å². The van der Waals surface area contributed by atoms with Gasteiger partial charge in [-0.2, -0.15) is 0 Å². The van der Waals surface area contributed by atoms with Gasteiger partial charge in [-0.1, -0.05) is 6.08 Å². The Morgan fingerprint density at radius 2 is 2.38 bits per heavy atom. The van der Waals surface area contributed by atoms with Gasteiger partial charge >= 0.3 is 5.69 Å². The van der Waals surface area contributed by atoms with Crippen LogP contribution in [0.3, 0.4) is 0 Å². The third-order valence-corrected chi connectivity index (χ3v) is 2.64. The quantitative estimate of drug-likeness (QED) is 0.441. The van der Waals surface area contributed by atoms with Gasteiger partial charge in [0.25, 0.3) is 0 Å². The summed E-state index contributed by atoms with van der Waals surface area (Å²) >= 11 is 0. The largest absolute Gasteiger partial charge is 0.351 e. The number of hydrogen-bond donors (Lipinski definition) is 0. The van der Waals surface area contributed by atoms with Crippen LogP contribution in [-0.4, -0.2) is 23.0 Å². The summed E-state index contributed by atoms with van der Waals surface area (Å²) in [6, 6.07) is 1.59. The van der Waals surface area contributed by atoms with E-state index >= 15 is 0 Å². The fourth-order valence-corrected chi connectivity index (χ4v) is 1.67. The van der Waals surface area contributed by atoms with Crippen molar-refractivity contribution in [3.05, 3.63) is 40.6 Å². The standard InChI is InChI=1S/C11H13N3O2/c1-2-4-9-7-10(14(15)16)11(12-8-9)13-5-3-6-13/h2,7-8H,1,3-6H2. The number of rotatable bonds is 4. The van der Waals surface area contributed by atoms with Gasteiger partial charge < -0.3 is 4.90 Å². The van der Waals surface area contributed by atoms with Crippen LogP contribution in [-0.2, 0) is 6.42 Å². The third kappa shape index (κ3) is 1.88. The first-order valence-corrected chi connectivity index (χ1v) is 5.21. The maximum Gasteiger partial charge on any atom is 0.311 e. The lowest BCUT2D eigenvalue weighted by atomic mass is 10.1. The van der Waals surface area contributed by atoms with Gasteiger partial charge in [-0.25, -0.2) is 4.98 Å². The number of nitrogens with zero attached hydrogens (tertiary/aromatic N) is 3. The van der Waals surface area contributed by atoms with Crippen LogP contribution in [0.1, 0.15) is 12.0 Å². The van der Waals surface area contributed by atoms with E-state index in [1.54, 1.807) is 18.3 Å². The van der Waals surface area contributed by atoms with E-state index in [4.69, 9.17) is 0 Å². The molecule has 0 radical (unpaired) electrons. The van der Waals surface area contributed by atoms with Crippen molar-refractivity contribution in [2.24, 2.45) is 0 Å². The highest BCUT2D eigenvalue weighted by atomic mass is 16.6. The lowest BCUT2D eigenvalue weighted by Crippen LogP contribution is -2.38. The summed E-state index contributed by atoms with van der Waals surface area (Å²) in [6.07, 6.45) is 5.08. The van der Waals surface area contributed by atoms with Gasteiger partial charge in [-0.3, -0.25) is 10.1 Å². The molecule has 2 heterocycles. The number of anilines is 1. The molecule has 0 spiro atoms. The van der Waals surface area contributed by atoms with Gasteiger partial charge in [0.15, 0.2) is 0 Å². The molecule has 0 amide bonds. The molecule has 2 rings (SSSR count). The summed E-state index contributed by atoms with van der Waals surface area (Å²) in [5, 5.41) is 10.9. The monoisotopic (exact) mass is 219 g/mol. The molecular formula is C11H13N3O2. The van der Waals surface area contributed by atoms with E-state index in [1.165, 1.54) is 0 Å². The highest BCUT2D eigenvalue weighted by Crippen LogP contribution is 2.29. The van der Waals surface area contributed by atoms with Gasteiger partial charge in [0.1, 0.15) is 0 Å². The number of pyridine rings is 1. The van der Waals surface area contributed by atoms with Crippen molar-refractivity contribution in [3.8, 4) is 0 Å². The summed E-state index contributed by atoms with van der Waals surface area (Å²) in [5.74, 6) is 0.490. The lowest BCUT2D eigenvalue weighted by molar-refractivity contribution is -0.384. The van der Waals surface area contributed by atoms with Gasteiger partial charge in [0.2, 0.25) is 5.82 Å². The molecule has 0 bridgehead atoms. The summed E-state index contributed by atoms with van der Waals surface area (Å²) in [7, 11) is 0. The molecule has 5 nitrogen and oxygen atoms in total. The minimum Gasteiger partial charge on any atom is -0.351 e. The normalized spacial score (nSPS) is 14.4. The molecule has 0 aromatic carbocycles. The average Bonchev–Trinajstić information content (AvgIpc) is 2.17. The summed E-state index contributed by atoms with van der Waals surface area (Å²) in [6.45, 7) is 5.32. The molecule has 1 aromatic heterocycles. The van der Waals surface area contributed by atoms with Gasteiger partial charge in [0.05, 0.1) is 4.92 Å². The van der Waals surface area contributed by atoms with Gasteiger partial charge in [0, 0.05) is 25.4 Å². The van der Waals surface area contributed by atoms with Crippen molar-refractivity contribution in [1.29, 1.82) is 0 Å². The van der Waals surface area contributed by atoms with Crippen molar-refractivity contribution in [2.75, 3.05) is 18.0 Å². The van der Waals surface area contributed by atoms with Gasteiger partial charge in [-0.15, -0.1) is 6.58 Å². The minimum atomic E-state index is -0.368. The zero-order valence-electron chi connectivity index (χ0n) is 8.93. The predicted molar refractivity (Wildman–Crippen MR) is 61.6 cm³/mol. The molecule has 0 aliphatic carbocycles. The van der Waals surface area contributed by atoms with Crippen LogP contribution >= 0.6 is 0 Å².